The lowest BCUT2D eigenvalue weighted by molar-refractivity contribution is 0.249. The monoisotopic (exact) mass is 252 g/mol. The number of benzene rings is 2. The molecule has 0 atom stereocenters. The summed E-state index contributed by atoms with van der Waals surface area (Å²) in [6.07, 6.45) is 1.49. The summed E-state index contributed by atoms with van der Waals surface area (Å²) in [5, 5.41) is 6.86. The summed E-state index contributed by atoms with van der Waals surface area (Å²) in [6.45, 7) is 0. The van der Waals surface area contributed by atoms with Crippen molar-refractivity contribution >= 4 is 23.7 Å². The van der Waals surface area contributed by atoms with Crippen LogP contribution < -0.4 is 15.4 Å². The van der Waals surface area contributed by atoms with E-state index < -0.39 is 0 Å². The van der Waals surface area contributed by atoms with Crippen LogP contribution in [0.25, 0.3) is 0 Å². The highest BCUT2D eigenvalue weighted by atomic mass is 16.2. The summed E-state index contributed by atoms with van der Waals surface area (Å²) in [4.78, 5) is 12.4. The number of carbonyl (C=O) groups excluding carboxylic acids is 1. The normalized spacial score (nSPS) is 14.4. The second kappa shape index (κ2) is 4.81. The molecule has 1 heterocycles. The molecular formula is C14H12N4O. The van der Waals surface area contributed by atoms with Crippen LogP contribution in [-0.4, -0.2) is 12.4 Å². The Kier molecular flexibility index (Phi) is 2.86. The molecule has 2 aromatic carbocycles. The molecule has 0 bridgehead atoms. The van der Waals surface area contributed by atoms with E-state index in [1.807, 2.05) is 60.7 Å². The Morgan fingerprint density at radius 3 is 2.05 bits per heavy atom. The predicted octanol–water partition coefficient (Wildman–Crippen LogP) is 2.58. The maximum atomic E-state index is 12.4. The number of anilines is 2. The molecule has 94 valence electrons. The fourth-order valence-electron chi connectivity index (χ4n) is 1.85. The maximum absolute atomic E-state index is 12.4. The number of amides is 2. The van der Waals surface area contributed by atoms with E-state index >= 15 is 0 Å². The van der Waals surface area contributed by atoms with Crippen LogP contribution >= 0.6 is 0 Å². The number of nitrogens with zero attached hydrogens (tertiary/aromatic N) is 3. The predicted molar refractivity (Wildman–Crippen MR) is 74.9 cm³/mol. The van der Waals surface area contributed by atoms with E-state index in [-0.39, 0.29) is 6.03 Å². The van der Waals surface area contributed by atoms with E-state index in [4.69, 9.17) is 0 Å². The largest absolute Gasteiger partial charge is 0.368 e. The van der Waals surface area contributed by atoms with E-state index in [2.05, 4.69) is 10.5 Å². The molecule has 0 spiro atoms. The summed E-state index contributed by atoms with van der Waals surface area (Å²) >= 11 is 0. The van der Waals surface area contributed by atoms with Gasteiger partial charge in [0.15, 0.2) is 0 Å². The van der Waals surface area contributed by atoms with Crippen LogP contribution in [0.2, 0.25) is 0 Å². The smallest absolute Gasteiger partial charge is 0.278 e. The molecule has 2 aromatic rings. The molecule has 0 saturated heterocycles. The fraction of sp³-hybridized carbons (Fsp3) is 0. The Labute approximate surface area is 110 Å². The Morgan fingerprint density at radius 1 is 0.842 bits per heavy atom. The lowest BCUT2D eigenvalue weighted by Gasteiger charge is -2.30. The molecule has 0 radical (unpaired) electrons. The number of rotatable bonds is 2. The van der Waals surface area contributed by atoms with Crippen LogP contribution in [-0.2, 0) is 0 Å². The molecule has 0 unspecified atom stereocenters. The highest BCUT2D eigenvalue weighted by Crippen LogP contribution is 2.20. The van der Waals surface area contributed by atoms with Gasteiger partial charge in [0, 0.05) is 0 Å². The first-order valence-electron chi connectivity index (χ1n) is 5.89. The zero-order chi connectivity index (χ0) is 13.1. The van der Waals surface area contributed by atoms with Gasteiger partial charge < -0.3 is 0 Å². The molecule has 5 heteroatoms. The standard InChI is InChI=1S/C14H12N4O/c19-14-17(12-7-3-1-4-8-12)15-11-16-18(14)13-9-5-2-6-10-13/h1-11H,(H,15,16). The first-order valence-corrected chi connectivity index (χ1v) is 5.89. The molecule has 0 fully saturated rings. The summed E-state index contributed by atoms with van der Waals surface area (Å²) in [6, 6.07) is 18.4. The number of carbonyl (C=O) groups is 1. The second-order valence-electron chi connectivity index (χ2n) is 3.97. The minimum atomic E-state index is -0.250. The molecule has 1 aliphatic rings. The Bertz CT molecular complexity index is 597. The molecule has 3 rings (SSSR count). The summed E-state index contributed by atoms with van der Waals surface area (Å²) in [5.41, 5.74) is 4.33. The Balaban J connectivity index is 1.92. The third kappa shape index (κ3) is 2.13. The Morgan fingerprint density at radius 2 is 1.42 bits per heavy atom. The van der Waals surface area contributed by atoms with Gasteiger partial charge in [-0.05, 0) is 24.3 Å². The highest BCUT2D eigenvalue weighted by molar-refractivity contribution is 6.05. The number of hydrogen-bond donors (Lipinski definition) is 1. The second-order valence-corrected chi connectivity index (χ2v) is 3.97. The molecule has 2 amide bonds. The van der Waals surface area contributed by atoms with Crippen molar-refractivity contribution in [3.63, 3.8) is 0 Å². The Hall–Kier alpha value is -2.82. The third-order valence-electron chi connectivity index (χ3n) is 2.75. The first-order chi connectivity index (χ1) is 9.36. The molecule has 0 aliphatic carbocycles. The highest BCUT2D eigenvalue weighted by Gasteiger charge is 2.25. The minimum Gasteiger partial charge on any atom is -0.278 e. The van der Waals surface area contributed by atoms with Crippen molar-refractivity contribution in [3.8, 4) is 0 Å². The van der Waals surface area contributed by atoms with Gasteiger partial charge in [0.1, 0.15) is 6.34 Å². The van der Waals surface area contributed by atoms with Crippen LogP contribution in [0, 0.1) is 0 Å². The van der Waals surface area contributed by atoms with Gasteiger partial charge in [-0.1, -0.05) is 36.4 Å². The molecule has 1 N–H and O–H groups in total. The van der Waals surface area contributed by atoms with Gasteiger partial charge in [-0.25, -0.2) is 9.80 Å². The maximum Gasteiger partial charge on any atom is 0.368 e. The molecule has 19 heavy (non-hydrogen) atoms. The average molecular weight is 252 g/mol. The van der Waals surface area contributed by atoms with Crippen molar-refractivity contribution in [1.82, 2.24) is 5.43 Å². The van der Waals surface area contributed by atoms with Crippen LogP contribution in [0.5, 0.6) is 0 Å². The van der Waals surface area contributed by atoms with Gasteiger partial charge in [0.05, 0.1) is 11.4 Å². The van der Waals surface area contributed by atoms with E-state index in [9.17, 15) is 4.79 Å². The van der Waals surface area contributed by atoms with Gasteiger partial charge in [0.2, 0.25) is 0 Å². The zero-order valence-corrected chi connectivity index (χ0v) is 10.1. The summed E-state index contributed by atoms with van der Waals surface area (Å²) < 4.78 is 0. The lowest BCUT2D eigenvalue weighted by atomic mass is 10.3. The van der Waals surface area contributed by atoms with Crippen molar-refractivity contribution in [1.29, 1.82) is 0 Å². The van der Waals surface area contributed by atoms with Gasteiger partial charge in [-0.15, -0.1) is 0 Å². The van der Waals surface area contributed by atoms with E-state index in [1.54, 1.807) is 0 Å². The number of urea groups is 1. The molecule has 1 aliphatic heterocycles. The molecule has 0 saturated carbocycles. The van der Waals surface area contributed by atoms with Crippen LogP contribution in [0.3, 0.4) is 0 Å². The van der Waals surface area contributed by atoms with Crippen molar-refractivity contribution in [2.45, 2.75) is 0 Å². The number of hydrogen-bond acceptors (Lipinski definition) is 3. The van der Waals surface area contributed by atoms with Crippen LogP contribution in [0.4, 0.5) is 16.2 Å². The first kappa shape index (κ1) is 11.3. The van der Waals surface area contributed by atoms with Gasteiger partial charge in [-0.3, -0.25) is 5.43 Å². The average Bonchev–Trinajstić information content (AvgIpc) is 2.49. The van der Waals surface area contributed by atoms with Crippen molar-refractivity contribution in [3.05, 3.63) is 60.7 Å². The lowest BCUT2D eigenvalue weighted by Crippen LogP contribution is -2.52. The number of nitrogens with one attached hydrogen (secondary N) is 1. The third-order valence-corrected chi connectivity index (χ3v) is 2.75. The van der Waals surface area contributed by atoms with Gasteiger partial charge in [0.25, 0.3) is 0 Å². The minimum absolute atomic E-state index is 0.250. The molecule has 0 aromatic heterocycles. The quantitative estimate of drug-likeness (QED) is 0.893. The van der Waals surface area contributed by atoms with Crippen molar-refractivity contribution in [2.24, 2.45) is 5.10 Å². The van der Waals surface area contributed by atoms with Crippen LogP contribution in [0.1, 0.15) is 0 Å². The van der Waals surface area contributed by atoms with Gasteiger partial charge >= 0.3 is 6.03 Å². The number of para-hydroxylation sites is 2. The zero-order valence-electron chi connectivity index (χ0n) is 10.1. The summed E-state index contributed by atoms with van der Waals surface area (Å²) in [7, 11) is 0. The topological polar surface area (TPSA) is 47.9 Å². The van der Waals surface area contributed by atoms with E-state index in [1.165, 1.54) is 16.4 Å². The van der Waals surface area contributed by atoms with Gasteiger partial charge in [-0.2, -0.15) is 10.1 Å². The molecular weight excluding hydrogens is 240 g/mol. The van der Waals surface area contributed by atoms with E-state index in [0.29, 0.717) is 0 Å². The fourth-order valence-corrected chi connectivity index (χ4v) is 1.85. The summed E-state index contributed by atoms with van der Waals surface area (Å²) in [5.74, 6) is 0. The van der Waals surface area contributed by atoms with Crippen molar-refractivity contribution in [2.75, 3.05) is 10.0 Å². The van der Waals surface area contributed by atoms with Crippen LogP contribution in [0.15, 0.2) is 65.8 Å². The number of hydrazone groups is 1. The van der Waals surface area contributed by atoms with E-state index in [0.717, 1.165) is 11.4 Å². The van der Waals surface area contributed by atoms with Crippen molar-refractivity contribution < 1.29 is 4.79 Å². The number of hydrazine groups is 1. The SMILES string of the molecule is O=C1N(c2ccccc2)N=CNN1c1ccccc1. The molecule has 5 nitrogen and oxygen atoms in total.